The summed E-state index contributed by atoms with van der Waals surface area (Å²) in [5.41, 5.74) is 1.45. The number of amides is 2. The quantitative estimate of drug-likeness (QED) is 0.446. The predicted molar refractivity (Wildman–Crippen MR) is 136 cm³/mol. The molecule has 2 aliphatic rings. The second-order valence-corrected chi connectivity index (χ2v) is 9.91. The highest BCUT2D eigenvalue weighted by Gasteiger charge is 2.49. The molecule has 36 heavy (non-hydrogen) atoms. The van der Waals surface area contributed by atoms with Gasteiger partial charge in [-0.2, -0.15) is 5.10 Å². The van der Waals surface area contributed by atoms with Gasteiger partial charge in [0.15, 0.2) is 11.5 Å². The van der Waals surface area contributed by atoms with Gasteiger partial charge in [0.05, 0.1) is 11.4 Å². The Labute approximate surface area is 212 Å². The lowest BCUT2D eigenvalue weighted by atomic mass is 9.93. The van der Waals surface area contributed by atoms with E-state index in [-0.39, 0.29) is 18.4 Å². The molecule has 1 N–H and O–H groups in total. The van der Waals surface area contributed by atoms with Crippen LogP contribution in [0.5, 0.6) is 11.5 Å². The molecule has 0 spiro atoms. The molecule has 4 heterocycles. The molecule has 0 saturated heterocycles. The maximum Gasteiger partial charge on any atom is 0.277 e. The van der Waals surface area contributed by atoms with Crippen LogP contribution in [0.2, 0.25) is 0 Å². The molecule has 4 aromatic rings. The van der Waals surface area contributed by atoms with E-state index in [1.54, 1.807) is 52.1 Å². The molecule has 0 fully saturated rings. The molecule has 6 rings (SSSR count). The minimum Gasteiger partial charge on any atom is -0.486 e. The third-order valence-electron chi connectivity index (χ3n) is 6.50. The number of hydrogen-bond donors (Lipinski definition) is 1. The van der Waals surface area contributed by atoms with Gasteiger partial charge in [-0.05, 0) is 42.1 Å². The molecule has 0 aliphatic carbocycles. The lowest BCUT2D eigenvalue weighted by molar-refractivity contribution is -0.126. The summed E-state index contributed by atoms with van der Waals surface area (Å²) in [6.45, 7) is 3.23. The van der Waals surface area contributed by atoms with E-state index >= 15 is 0 Å². The maximum atomic E-state index is 14.0. The number of nitrogens with one attached hydrogen (secondary N) is 1. The van der Waals surface area contributed by atoms with Crippen LogP contribution in [0, 0.1) is 0 Å². The maximum absolute atomic E-state index is 14.0. The van der Waals surface area contributed by atoms with Crippen molar-refractivity contribution in [2.75, 3.05) is 18.1 Å². The molecule has 2 aromatic carbocycles. The molecule has 0 unspecified atom stereocenters. The number of carbonyl (C=O) groups is 2. The van der Waals surface area contributed by atoms with Crippen LogP contribution in [-0.2, 0) is 17.9 Å². The molecule has 0 bridgehead atoms. The van der Waals surface area contributed by atoms with Crippen molar-refractivity contribution in [1.82, 2.24) is 15.1 Å². The molecule has 2 aromatic heterocycles. The van der Waals surface area contributed by atoms with Crippen LogP contribution in [0.25, 0.3) is 10.6 Å². The van der Waals surface area contributed by atoms with Crippen LogP contribution in [0.15, 0.2) is 72.1 Å². The summed E-state index contributed by atoms with van der Waals surface area (Å²) in [4.78, 5) is 30.3. The Kier molecular flexibility index (Phi) is 5.49. The number of benzene rings is 2. The van der Waals surface area contributed by atoms with Crippen molar-refractivity contribution >= 4 is 28.8 Å². The number of hydrogen-bond acceptors (Lipinski definition) is 6. The van der Waals surface area contributed by atoms with Crippen LogP contribution < -0.4 is 19.7 Å². The zero-order valence-corrected chi connectivity index (χ0v) is 20.5. The highest BCUT2D eigenvalue weighted by atomic mass is 32.1. The molecule has 9 heteroatoms. The zero-order valence-electron chi connectivity index (χ0n) is 19.6. The molecule has 8 nitrogen and oxygen atoms in total. The molecule has 0 saturated carbocycles. The third-order valence-corrected chi connectivity index (χ3v) is 7.39. The number of carbonyl (C=O) groups excluding carboxylic acids is 2. The van der Waals surface area contributed by atoms with Crippen molar-refractivity contribution in [2.45, 2.75) is 25.6 Å². The highest BCUT2D eigenvalue weighted by molar-refractivity contribution is 7.13. The summed E-state index contributed by atoms with van der Waals surface area (Å²) in [6.07, 6.45) is 0. The zero-order chi connectivity index (χ0) is 24.7. The summed E-state index contributed by atoms with van der Waals surface area (Å²) in [7, 11) is 0. The minimum absolute atomic E-state index is 0.203. The van der Waals surface area contributed by atoms with Crippen LogP contribution in [0.4, 0.5) is 5.69 Å². The predicted octanol–water partition coefficient (Wildman–Crippen LogP) is 4.12. The van der Waals surface area contributed by atoms with Crippen LogP contribution in [-0.4, -0.2) is 40.3 Å². The molecule has 2 aliphatic heterocycles. The van der Waals surface area contributed by atoms with Gasteiger partial charge in [-0.15, -0.1) is 11.3 Å². The van der Waals surface area contributed by atoms with Gasteiger partial charge in [-0.1, -0.05) is 36.4 Å². The average Bonchev–Trinajstić information content (AvgIpc) is 3.58. The number of nitrogens with zero attached hydrogens (tertiary/aromatic N) is 3. The van der Waals surface area contributed by atoms with Crippen molar-refractivity contribution in [3.63, 3.8) is 0 Å². The Morgan fingerprint density at radius 2 is 1.86 bits per heavy atom. The fourth-order valence-electron chi connectivity index (χ4n) is 4.67. The SMILES string of the molecule is C[C@]1(C(=O)NCc2ccccc2)Cn2nc(-c3cccs3)cc2C(=O)N1c1ccc2c(c1)OCCO2. The second kappa shape index (κ2) is 8.83. The van der Waals surface area contributed by atoms with E-state index in [4.69, 9.17) is 14.6 Å². The fourth-order valence-corrected chi connectivity index (χ4v) is 5.35. The lowest BCUT2D eigenvalue weighted by Gasteiger charge is -2.43. The Hall–Kier alpha value is -4.11. The van der Waals surface area contributed by atoms with Crippen molar-refractivity contribution in [3.05, 3.63) is 83.4 Å². The van der Waals surface area contributed by atoms with Gasteiger partial charge in [0.25, 0.3) is 5.91 Å². The number of ether oxygens (including phenoxy) is 2. The van der Waals surface area contributed by atoms with Gasteiger partial charge in [0, 0.05) is 18.3 Å². The van der Waals surface area contributed by atoms with Crippen molar-refractivity contribution < 1.29 is 19.1 Å². The first-order valence-corrected chi connectivity index (χ1v) is 12.6. The van der Waals surface area contributed by atoms with Gasteiger partial charge < -0.3 is 14.8 Å². The van der Waals surface area contributed by atoms with Crippen molar-refractivity contribution in [3.8, 4) is 22.1 Å². The van der Waals surface area contributed by atoms with Crippen molar-refractivity contribution in [1.29, 1.82) is 0 Å². The molecular weight excluding hydrogens is 476 g/mol. The number of thiophene rings is 1. The van der Waals surface area contributed by atoms with Crippen LogP contribution in [0.1, 0.15) is 23.0 Å². The van der Waals surface area contributed by atoms with E-state index in [1.807, 2.05) is 47.8 Å². The Bertz CT molecular complexity index is 1430. The number of rotatable bonds is 5. The van der Waals surface area contributed by atoms with E-state index in [2.05, 4.69) is 5.32 Å². The number of anilines is 1. The lowest BCUT2D eigenvalue weighted by Crippen LogP contribution is -2.64. The summed E-state index contributed by atoms with van der Waals surface area (Å²) in [6, 6.07) is 20.7. The standard InChI is InChI=1S/C27H24N4O4S/c1-27(26(33)28-16-18-6-3-2-4-7-18)17-30-21(15-20(29-30)24-8-5-13-36-24)25(32)31(27)19-9-10-22-23(14-19)35-12-11-34-22/h2-10,13-15H,11-12,16-17H2,1H3,(H,28,33)/t27-/m1/s1. The first kappa shape index (κ1) is 22.4. The molecule has 2 amide bonds. The van der Waals surface area contributed by atoms with Crippen LogP contribution in [0.3, 0.4) is 0 Å². The smallest absolute Gasteiger partial charge is 0.277 e. The topological polar surface area (TPSA) is 85.7 Å². The third kappa shape index (κ3) is 3.81. The van der Waals surface area contributed by atoms with E-state index in [1.165, 1.54) is 0 Å². The van der Waals surface area contributed by atoms with Gasteiger partial charge in [0.2, 0.25) is 5.91 Å². The van der Waals surface area contributed by atoms with E-state index < -0.39 is 5.54 Å². The Morgan fingerprint density at radius 3 is 2.64 bits per heavy atom. The molecule has 1 atom stereocenters. The normalized spacial score (nSPS) is 18.6. The Balaban J connectivity index is 1.40. The summed E-state index contributed by atoms with van der Waals surface area (Å²) in [5, 5.41) is 9.69. The van der Waals surface area contributed by atoms with Crippen molar-refractivity contribution in [2.24, 2.45) is 0 Å². The van der Waals surface area contributed by atoms with Gasteiger partial charge in [-0.25, -0.2) is 0 Å². The van der Waals surface area contributed by atoms with E-state index in [9.17, 15) is 9.59 Å². The second-order valence-electron chi connectivity index (χ2n) is 8.96. The summed E-state index contributed by atoms with van der Waals surface area (Å²) < 4.78 is 13.1. The van der Waals surface area contributed by atoms with Crippen LogP contribution >= 0.6 is 11.3 Å². The highest BCUT2D eigenvalue weighted by Crippen LogP contribution is 2.39. The largest absolute Gasteiger partial charge is 0.486 e. The first-order valence-electron chi connectivity index (χ1n) is 11.7. The molecule has 182 valence electrons. The molecular formula is C27H24N4O4S. The minimum atomic E-state index is -1.23. The van der Waals surface area contributed by atoms with E-state index in [0.29, 0.717) is 48.3 Å². The number of aromatic nitrogens is 2. The molecule has 0 radical (unpaired) electrons. The van der Waals surface area contributed by atoms with Gasteiger partial charge in [0.1, 0.15) is 30.1 Å². The van der Waals surface area contributed by atoms with Gasteiger partial charge in [-0.3, -0.25) is 19.2 Å². The average molecular weight is 501 g/mol. The number of fused-ring (bicyclic) bond motifs is 2. The summed E-state index contributed by atoms with van der Waals surface area (Å²) >= 11 is 1.55. The first-order chi connectivity index (χ1) is 17.5. The van der Waals surface area contributed by atoms with Gasteiger partial charge >= 0.3 is 0 Å². The fraction of sp³-hybridized carbons (Fsp3) is 0.222. The Morgan fingerprint density at radius 1 is 1.06 bits per heavy atom. The summed E-state index contributed by atoms with van der Waals surface area (Å²) in [5.74, 6) is 0.602. The van der Waals surface area contributed by atoms with E-state index in [0.717, 1.165) is 10.4 Å². The monoisotopic (exact) mass is 500 g/mol.